The van der Waals surface area contributed by atoms with Crippen LogP contribution in [0.5, 0.6) is 0 Å². The van der Waals surface area contributed by atoms with E-state index in [0.29, 0.717) is 15.8 Å². The molecule has 4 heteroatoms. The van der Waals surface area contributed by atoms with Gasteiger partial charge in [-0.3, -0.25) is 0 Å². The van der Waals surface area contributed by atoms with Crippen molar-refractivity contribution >= 4 is 49.8 Å². The Morgan fingerprint density at radius 2 is 0.826 bits per heavy atom. The molecule has 0 fully saturated rings. The Morgan fingerprint density at radius 1 is 0.435 bits per heavy atom. The van der Waals surface area contributed by atoms with Crippen molar-refractivity contribution in [1.29, 1.82) is 0 Å². The molecule has 0 radical (unpaired) electrons. The average molecular weight is 494 g/mol. The first-order valence-electron chi connectivity index (χ1n) is 9.73. The molecule has 0 aliphatic carbocycles. The van der Waals surface area contributed by atoms with Gasteiger partial charge in [0.2, 0.25) is 0 Å². The Balaban J connectivity index is -0.00000200. The smallest absolute Gasteiger partial charge is 0.0120 e. The van der Waals surface area contributed by atoms with Gasteiger partial charge in [0.15, 0.2) is 0 Å². The topological polar surface area (TPSA) is 0 Å². The van der Waals surface area contributed by atoms with E-state index in [1.54, 1.807) is 30.6 Å². The van der Waals surface area contributed by atoms with Gasteiger partial charge in [-0.05, 0) is 43.4 Å². The van der Waals surface area contributed by atoms with E-state index in [1.807, 2.05) is 0 Å². The van der Waals surface area contributed by atoms with Gasteiger partial charge in [0.1, 0.15) is 0 Å². The predicted molar refractivity (Wildman–Crippen MR) is 128 cm³/mol. The minimum Gasteiger partial charge on any atom is -0.114 e. The van der Waals surface area contributed by atoms with Gasteiger partial charge in [-0.2, -0.15) is 0 Å². The molecule has 0 saturated heterocycles. The summed E-state index contributed by atoms with van der Waals surface area (Å²) in [5.41, 5.74) is 0. The molecule has 0 nitrogen and oxygen atoms in total. The van der Waals surface area contributed by atoms with Crippen LogP contribution in [0.2, 0.25) is 0 Å². The molecular weight excluding hydrogens is 450 g/mol. The van der Waals surface area contributed by atoms with Gasteiger partial charge < -0.3 is 0 Å². The van der Waals surface area contributed by atoms with Crippen LogP contribution in [0.1, 0.15) is 91.9 Å². The molecule has 0 bridgehead atoms. The second-order valence-corrected chi connectivity index (χ2v) is 12.1. The zero-order valence-electron chi connectivity index (χ0n) is 16.3. The standard InChI is InChI=1S/C19H42P2.2BrH/c1-5-9-11-13-17-20(15-7-3)19-21(16-8-4)18-14-12-10-6-2;;/h5-19H2,1-4H3;2*1H. The van der Waals surface area contributed by atoms with Gasteiger partial charge in [0.05, 0.1) is 0 Å². The van der Waals surface area contributed by atoms with Crippen molar-refractivity contribution in [3.05, 3.63) is 0 Å². The molecule has 144 valence electrons. The summed E-state index contributed by atoms with van der Waals surface area (Å²) in [6, 6.07) is 0. The SMILES string of the molecule is Br.Br.CCCCCCP(CCC)CP(CCC)CCCCCC. The van der Waals surface area contributed by atoms with Crippen molar-refractivity contribution in [2.24, 2.45) is 0 Å². The van der Waals surface area contributed by atoms with Gasteiger partial charge in [-0.1, -0.05) is 79.1 Å². The third-order valence-electron chi connectivity index (χ3n) is 4.14. The quantitative estimate of drug-likeness (QED) is 0.148. The molecule has 0 aromatic rings. The molecule has 0 heterocycles. The van der Waals surface area contributed by atoms with Crippen molar-refractivity contribution < 1.29 is 0 Å². The minimum absolute atomic E-state index is 0. The summed E-state index contributed by atoms with van der Waals surface area (Å²) in [6.07, 6.45) is 20.8. The first kappa shape index (κ1) is 29.6. The number of unbranched alkanes of at least 4 members (excludes halogenated alkanes) is 6. The van der Waals surface area contributed by atoms with Crippen LogP contribution in [0.3, 0.4) is 0 Å². The molecule has 2 unspecified atom stereocenters. The Morgan fingerprint density at radius 3 is 1.13 bits per heavy atom. The molecule has 0 rings (SSSR count). The van der Waals surface area contributed by atoms with Crippen molar-refractivity contribution in [3.8, 4) is 0 Å². The largest absolute Gasteiger partial charge is 0.114 e. The van der Waals surface area contributed by atoms with E-state index >= 15 is 0 Å². The normalized spacial score (nSPS) is 13.0. The highest BCUT2D eigenvalue weighted by atomic mass is 79.9. The second-order valence-electron chi connectivity index (χ2n) is 6.50. The monoisotopic (exact) mass is 492 g/mol. The molecule has 0 aliphatic rings. The fraction of sp³-hybridized carbons (Fsp3) is 1.00. The van der Waals surface area contributed by atoms with Crippen molar-refractivity contribution in [2.45, 2.75) is 91.9 Å². The summed E-state index contributed by atoms with van der Waals surface area (Å²) >= 11 is 0. The van der Waals surface area contributed by atoms with Crippen molar-refractivity contribution in [1.82, 2.24) is 0 Å². The highest BCUT2D eigenvalue weighted by molar-refractivity contribution is 8.93. The first-order chi connectivity index (χ1) is 10.3. The third-order valence-corrected chi connectivity index (χ3v) is 11.4. The Labute approximate surface area is 171 Å². The van der Waals surface area contributed by atoms with Crippen LogP contribution in [-0.4, -0.2) is 30.6 Å². The first-order valence-corrected chi connectivity index (χ1v) is 13.5. The summed E-state index contributed by atoms with van der Waals surface area (Å²) in [5.74, 6) is 1.66. The molecule has 0 spiro atoms. The second kappa shape index (κ2) is 23.8. The summed E-state index contributed by atoms with van der Waals surface area (Å²) in [5, 5.41) is 0. The minimum atomic E-state index is 0. The summed E-state index contributed by atoms with van der Waals surface area (Å²) in [4.78, 5) is 0. The lowest BCUT2D eigenvalue weighted by atomic mass is 10.2. The molecule has 0 aliphatic heterocycles. The fourth-order valence-corrected chi connectivity index (χ4v) is 10.5. The predicted octanol–water partition coefficient (Wildman–Crippen LogP) is 9.04. The van der Waals surface area contributed by atoms with Crippen LogP contribution in [0.4, 0.5) is 0 Å². The van der Waals surface area contributed by atoms with Crippen LogP contribution in [-0.2, 0) is 0 Å². The zero-order chi connectivity index (χ0) is 15.8. The molecule has 2 atom stereocenters. The van der Waals surface area contributed by atoms with E-state index < -0.39 is 0 Å². The summed E-state index contributed by atoms with van der Waals surface area (Å²) < 4.78 is 0. The molecule has 0 amide bonds. The average Bonchev–Trinajstić information content (AvgIpc) is 2.48. The number of hydrogen-bond acceptors (Lipinski definition) is 0. The molecule has 0 aromatic heterocycles. The Bertz CT molecular complexity index is 184. The van der Waals surface area contributed by atoms with Gasteiger partial charge in [-0.15, -0.1) is 49.8 Å². The van der Waals surface area contributed by atoms with E-state index in [9.17, 15) is 0 Å². The van der Waals surface area contributed by atoms with Crippen molar-refractivity contribution in [2.75, 3.05) is 30.6 Å². The zero-order valence-corrected chi connectivity index (χ0v) is 21.5. The highest BCUT2D eigenvalue weighted by Crippen LogP contribution is 2.52. The van der Waals surface area contributed by atoms with Crippen molar-refractivity contribution in [3.63, 3.8) is 0 Å². The maximum absolute atomic E-state index is 2.39. The molecule has 23 heavy (non-hydrogen) atoms. The van der Waals surface area contributed by atoms with E-state index in [1.165, 1.54) is 64.2 Å². The van der Waals surface area contributed by atoms with Gasteiger partial charge in [0.25, 0.3) is 0 Å². The number of rotatable bonds is 16. The van der Waals surface area contributed by atoms with E-state index in [0.717, 1.165) is 0 Å². The molecule has 0 aromatic carbocycles. The van der Waals surface area contributed by atoms with Crippen LogP contribution < -0.4 is 0 Å². The maximum atomic E-state index is 2.39. The lowest BCUT2D eigenvalue weighted by Gasteiger charge is -2.24. The lowest BCUT2D eigenvalue weighted by molar-refractivity contribution is 0.703. The molecule has 0 N–H and O–H groups in total. The van der Waals surface area contributed by atoms with E-state index in [4.69, 9.17) is 0 Å². The van der Waals surface area contributed by atoms with E-state index in [2.05, 4.69) is 27.7 Å². The molecule has 0 saturated carbocycles. The van der Waals surface area contributed by atoms with Crippen LogP contribution in [0.25, 0.3) is 0 Å². The van der Waals surface area contributed by atoms with Gasteiger partial charge in [0, 0.05) is 0 Å². The third kappa shape index (κ3) is 20.0. The maximum Gasteiger partial charge on any atom is -0.0120 e. The van der Waals surface area contributed by atoms with Gasteiger partial charge >= 0.3 is 0 Å². The van der Waals surface area contributed by atoms with Crippen LogP contribution in [0, 0.1) is 0 Å². The van der Waals surface area contributed by atoms with E-state index in [-0.39, 0.29) is 34.0 Å². The highest BCUT2D eigenvalue weighted by Gasteiger charge is 2.14. The van der Waals surface area contributed by atoms with Crippen LogP contribution >= 0.6 is 49.8 Å². The van der Waals surface area contributed by atoms with Crippen LogP contribution in [0.15, 0.2) is 0 Å². The lowest BCUT2D eigenvalue weighted by Crippen LogP contribution is -1.99. The Kier molecular flexibility index (Phi) is 30.6. The summed E-state index contributed by atoms with van der Waals surface area (Å²) in [6.45, 7) is 9.44. The fourth-order valence-electron chi connectivity index (χ4n) is 2.95. The molecular formula is C19H44Br2P2. The van der Waals surface area contributed by atoms with Gasteiger partial charge in [-0.25, -0.2) is 0 Å². The number of hydrogen-bond donors (Lipinski definition) is 0. The number of halogens is 2. The Hall–Kier alpha value is 1.82. The summed E-state index contributed by atoms with van der Waals surface area (Å²) in [7, 11) is 0.752.